The van der Waals surface area contributed by atoms with Crippen LogP contribution < -0.4 is 4.74 Å². The molecule has 1 N–H and O–H groups in total. The van der Waals surface area contributed by atoms with Crippen molar-refractivity contribution in [2.75, 3.05) is 13.7 Å². The van der Waals surface area contributed by atoms with Crippen LogP contribution in [0.1, 0.15) is 28.4 Å². The van der Waals surface area contributed by atoms with Crippen LogP contribution in [0.25, 0.3) is 10.9 Å². The van der Waals surface area contributed by atoms with E-state index in [0.29, 0.717) is 16.5 Å². The molecule has 4 aromatic rings. The third-order valence-electron chi connectivity index (χ3n) is 7.15. The van der Waals surface area contributed by atoms with Gasteiger partial charge in [-0.3, -0.25) is 9.59 Å². The number of para-hydroxylation sites is 1. The van der Waals surface area contributed by atoms with Gasteiger partial charge in [0.25, 0.3) is 0 Å². The van der Waals surface area contributed by atoms with Crippen LogP contribution in [0.15, 0.2) is 66.7 Å². The number of carbonyl (C=O) groups is 2. The summed E-state index contributed by atoms with van der Waals surface area (Å²) in [6, 6.07) is 19.9. The highest BCUT2D eigenvalue weighted by molar-refractivity contribution is 6.35. The van der Waals surface area contributed by atoms with Gasteiger partial charge in [0.2, 0.25) is 11.8 Å². The van der Waals surface area contributed by atoms with E-state index in [4.69, 9.17) is 27.9 Å². The van der Waals surface area contributed by atoms with Crippen LogP contribution in [-0.4, -0.2) is 46.3 Å². The largest absolute Gasteiger partial charge is 0.497 e. The maximum atomic E-state index is 13.9. The second-order valence-electron chi connectivity index (χ2n) is 9.19. The van der Waals surface area contributed by atoms with Crippen molar-refractivity contribution in [3.63, 3.8) is 0 Å². The summed E-state index contributed by atoms with van der Waals surface area (Å²) in [7, 11) is 1.62. The summed E-state index contributed by atoms with van der Waals surface area (Å²) in [5, 5.41) is 2.07. The Morgan fingerprint density at radius 2 is 1.81 bits per heavy atom. The summed E-state index contributed by atoms with van der Waals surface area (Å²) in [6.07, 6.45) is 0.446. The van der Waals surface area contributed by atoms with E-state index in [1.807, 2.05) is 42.5 Å². The Hall–Kier alpha value is -3.48. The highest BCUT2D eigenvalue weighted by Gasteiger charge is 2.48. The summed E-state index contributed by atoms with van der Waals surface area (Å²) >= 11 is 12.4. The van der Waals surface area contributed by atoms with Crippen molar-refractivity contribution < 1.29 is 14.3 Å². The van der Waals surface area contributed by atoms with Gasteiger partial charge in [0.05, 0.1) is 13.2 Å². The summed E-state index contributed by atoms with van der Waals surface area (Å²) in [5.74, 6) is 0.542. The number of piperazine rings is 1. The number of H-pyrrole nitrogens is 1. The average Bonchev–Trinajstić information content (AvgIpc) is 3.26. The van der Waals surface area contributed by atoms with Gasteiger partial charge in [0.1, 0.15) is 18.3 Å². The molecular formula is C28H23Cl2N3O3. The van der Waals surface area contributed by atoms with Gasteiger partial charge in [0, 0.05) is 39.6 Å². The highest BCUT2D eigenvalue weighted by atomic mass is 35.5. The number of aromatic nitrogens is 1. The van der Waals surface area contributed by atoms with Crippen LogP contribution >= 0.6 is 23.2 Å². The fraction of sp³-hybridized carbons (Fsp3) is 0.214. The number of nitrogens with zero attached hydrogens (tertiary/aromatic N) is 2. The molecule has 6 rings (SSSR count). The number of amides is 2. The van der Waals surface area contributed by atoms with Gasteiger partial charge in [-0.1, -0.05) is 59.6 Å². The maximum absolute atomic E-state index is 13.9. The average molecular weight is 520 g/mol. The van der Waals surface area contributed by atoms with Crippen LogP contribution in [0.2, 0.25) is 10.0 Å². The fourth-order valence-electron chi connectivity index (χ4n) is 5.45. The molecule has 1 saturated heterocycles. The van der Waals surface area contributed by atoms with Gasteiger partial charge >= 0.3 is 0 Å². The molecule has 6 nitrogen and oxygen atoms in total. The van der Waals surface area contributed by atoms with Crippen molar-refractivity contribution in [3.8, 4) is 5.75 Å². The zero-order valence-corrected chi connectivity index (χ0v) is 21.0. The van der Waals surface area contributed by atoms with Crippen molar-refractivity contribution in [2.45, 2.75) is 25.0 Å². The Balaban J connectivity index is 1.43. The van der Waals surface area contributed by atoms with Gasteiger partial charge < -0.3 is 19.5 Å². The number of fused-ring (bicyclic) bond motifs is 4. The predicted octanol–water partition coefficient (Wildman–Crippen LogP) is 5.37. The molecule has 2 atom stereocenters. The minimum Gasteiger partial charge on any atom is -0.497 e. The Labute approximate surface area is 218 Å². The molecular weight excluding hydrogens is 497 g/mol. The molecule has 2 aliphatic heterocycles. The van der Waals surface area contributed by atoms with E-state index >= 15 is 0 Å². The second-order valence-corrected chi connectivity index (χ2v) is 10.0. The number of aromatic amines is 1. The van der Waals surface area contributed by atoms with Crippen molar-refractivity contribution in [1.29, 1.82) is 0 Å². The zero-order chi connectivity index (χ0) is 25.0. The number of halogens is 2. The Morgan fingerprint density at radius 1 is 1.03 bits per heavy atom. The molecule has 0 bridgehead atoms. The van der Waals surface area contributed by atoms with E-state index in [2.05, 4.69) is 11.1 Å². The SMILES string of the molecule is COc1ccc(C2c3[nH]c4ccccc4c3CC3C(=O)N(Cc4ccc(Cl)cc4Cl)CC(=O)N32)cc1. The van der Waals surface area contributed by atoms with Gasteiger partial charge in [-0.15, -0.1) is 0 Å². The first-order valence-electron chi connectivity index (χ1n) is 11.7. The first kappa shape index (κ1) is 23.0. The minimum atomic E-state index is -0.615. The standard InChI is InChI=1S/C28H23Cl2N3O3/c1-36-19-10-7-16(8-11-19)27-26-21(20-4-2-3-5-23(20)31-26)13-24-28(35)32(15-25(34)33(24)27)14-17-6-9-18(29)12-22(17)30/h2-12,24,27,31H,13-15H2,1H3. The van der Waals surface area contributed by atoms with E-state index in [1.54, 1.807) is 35.1 Å². The third-order valence-corrected chi connectivity index (χ3v) is 7.74. The summed E-state index contributed by atoms with van der Waals surface area (Å²) in [4.78, 5) is 34.4. The van der Waals surface area contributed by atoms with Crippen LogP contribution in [0.3, 0.4) is 0 Å². The van der Waals surface area contributed by atoms with E-state index in [-0.39, 0.29) is 24.9 Å². The summed E-state index contributed by atoms with van der Waals surface area (Å²) < 4.78 is 5.34. The van der Waals surface area contributed by atoms with Gasteiger partial charge in [-0.05, 0) is 47.0 Å². The fourth-order valence-corrected chi connectivity index (χ4v) is 5.91. The molecule has 3 heterocycles. The third kappa shape index (κ3) is 3.72. The van der Waals surface area contributed by atoms with Crippen LogP contribution in [0.5, 0.6) is 5.75 Å². The first-order chi connectivity index (χ1) is 17.4. The number of benzene rings is 3. The first-order valence-corrected chi connectivity index (χ1v) is 12.5. The number of nitrogens with one attached hydrogen (secondary N) is 1. The van der Waals surface area contributed by atoms with Gasteiger partial charge in [-0.25, -0.2) is 0 Å². The van der Waals surface area contributed by atoms with E-state index < -0.39 is 12.1 Å². The van der Waals surface area contributed by atoms with Crippen molar-refractivity contribution in [2.24, 2.45) is 0 Å². The normalized spacial score (nSPS) is 19.4. The van der Waals surface area contributed by atoms with Gasteiger partial charge in [0.15, 0.2) is 0 Å². The molecule has 0 aliphatic carbocycles. The molecule has 3 aromatic carbocycles. The molecule has 1 fully saturated rings. The van der Waals surface area contributed by atoms with E-state index in [9.17, 15) is 9.59 Å². The molecule has 0 saturated carbocycles. The van der Waals surface area contributed by atoms with Crippen molar-refractivity contribution >= 4 is 45.9 Å². The Morgan fingerprint density at radius 3 is 2.56 bits per heavy atom. The van der Waals surface area contributed by atoms with Gasteiger partial charge in [-0.2, -0.15) is 0 Å². The molecule has 0 spiro atoms. The predicted molar refractivity (Wildman–Crippen MR) is 139 cm³/mol. The lowest BCUT2D eigenvalue weighted by Gasteiger charge is -2.47. The molecule has 2 amide bonds. The Bertz CT molecular complexity index is 1500. The summed E-state index contributed by atoms with van der Waals surface area (Å²) in [5.41, 5.74) is 4.69. The van der Waals surface area contributed by atoms with Crippen LogP contribution in [0, 0.1) is 0 Å². The molecule has 8 heteroatoms. The second kappa shape index (κ2) is 8.87. The van der Waals surface area contributed by atoms with Crippen LogP contribution in [-0.2, 0) is 22.6 Å². The van der Waals surface area contributed by atoms with Crippen molar-refractivity contribution in [3.05, 3.63) is 99.2 Å². The van der Waals surface area contributed by atoms with E-state index in [1.165, 1.54) is 0 Å². The quantitative estimate of drug-likeness (QED) is 0.394. The molecule has 2 aliphatic rings. The number of hydrogen-bond donors (Lipinski definition) is 1. The lowest BCUT2D eigenvalue weighted by atomic mass is 9.86. The summed E-state index contributed by atoms with van der Waals surface area (Å²) in [6.45, 7) is 0.232. The topological polar surface area (TPSA) is 65.6 Å². The number of ether oxygens (including phenoxy) is 1. The number of hydrogen-bond acceptors (Lipinski definition) is 3. The monoisotopic (exact) mass is 519 g/mol. The van der Waals surface area contributed by atoms with Crippen LogP contribution in [0.4, 0.5) is 0 Å². The lowest BCUT2D eigenvalue weighted by Crippen LogP contribution is -2.62. The number of carbonyl (C=O) groups excluding carboxylic acids is 2. The lowest BCUT2D eigenvalue weighted by molar-refractivity contribution is -0.159. The number of rotatable bonds is 4. The highest BCUT2D eigenvalue weighted by Crippen LogP contribution is 2.43. The smallest absolute Gasteiger partial charge is 0.246 e. The van der Waals surface area contributed by atoms with E-state index in [0.717, 1.165) is 39.0 Å². The molecule has 182 valence electrons. The molecule has 36 heavy (non-hydrogen) atoms. The molecule has 0 radical (unpaired) electrons. The zero-order valence-electron chi connectivity index (χ0n) is 19.5. The molecule has 2 unspecified atom stereocenters. The molecule has 1 aromatic heterocycles. The minimum absolute atomic E-state index is 0.0174. The maximum Gasteiger partial charge on any atom is 0.246 e. The number of methoxy groups -OCH3 is 1. The van der Waals surface area contributed by atoms with Crippen molar-refractivity contribution in [1.82, 2.24) is 14.8 Å². The Kier molecular flexibility index (Phi) is 5.66.